The Morgan fingerprint density at radius 3 is 2.67 bits per heavy atom. The molecule has 0 bridgehead atoms. The maximum absolute atomic E-state index is 11.9. The Bertz CT molecular complexity index is 476. The van der Waals surface area contributed by atoms with Crippen LogP contribution in [0, 0.1) is 0 Å². The fraction of sp³-hybridized carbons (Fsp3) is 0.267. The predicted octanol–water partition coefficient (Wildman–Crippen LogP) is 2.98. The molecular weight excluding hydrogens is 226 g/mol. The molecule has 0 aliphatic carbocycles. The van der Waals surface area contributed by atoms with Gasteiger partial charge < -0.3 is 9.32 Å². The number of Topliss-reactive ketones (excluding diaryl/α,β-unsaturated/α-hetero) is 1. The molecule has 1 aromatic carbocycles. The van der Waals surface area contributed by atoms with Gasteiger partial charge in [-0.3, -0.25) is 4.79 Å². The first-order chi connectivity index (χ1) is 8.75. The molecule has 1 heterocycles. The molecule has 0 aliphatic rings. The number of rotatable bonds is 6. The standard InChI is InChI=1S/C15H17NO2/c1-16(11-13-8-10-18-12-13)9-7-15(17)14-5-3-2-4-6-14/h2-6,8,10,12H,7,9,11H2,1H3. The van der Waals surface area contributed by atoms with Gasteiger partial charge in [-0.2, -0.15) is 0 Å². The third-order valence-corrected chi connectivity index (χ3v) is 2.85. The lowest BCUT2D eigenvalue weighted by Crippen LogP contribution is -2.21. The molecule has 0 N–H and O–H groups in total. The van der Waals surface area contributed by atoms with Gasteiger partial charge in [0.05, 0.1) is 12.5 Å². The monoisotopic (exact) mass is 243 g/mol. The van der Waals surface area contributed by atoms with Gasteiger partial charge in [0.15, 0.2) is 5.78 Å². The van der Waals surface area contributed by atoms with E-state index in [0.717, 1.165) is 24.2 Å². The molecule has 0 spiro atoms. The number of hydrogen-bond donors (Lipinski definition) is 0. The summed E-state index contributed by atoms with van der Waals surface area (Å²) in [6, 6.07) is 11.4. The number of benzene rings is 1. The lowest BCUT2D eigenvalue weighted by atomic mass is 10.1. The number of ketones is 1. The van der Waals surface area contributed by atoms with Gasteiger partial charge in [-0.05, 0) is 13.1 Å². The van der Waals surface area contributed by atoms with Gasteiger partial charge >= 0.3 is 0 Å². The third-order valence-electron chi connectivity index (χ3n) is 2.85. The van der Waals surface area contributed by atoms with E-state index in [2.05, 4.69) is 4.90 Å². The van der Waals surface area contributed by atoms with Crippen molar-refractivity contribution >= 4 is 5.78 Å². The summed E-state index contributed by atoms with van der Waals surface area (Å²) in [7, 11) is 2.01. The van der Waals surface area contributed by atoms with Crippen molar-refractivity contribution in [2.45, 2.75) is 13.0 Å². The third kappa shape index (κ3) is 3.57. The van der Waals surface area contributed by atoms with E-state index < -0.39 is 0 Å². The van der Waals surface area contributed by atoms with Crippen molar-refractivity contribution in [3.8, 4) is 0 Å². The van der Waals surface area contributed by atoms with E-state index in [4.69, 9.17) is 4.42 Å². The number of hydrogen-bond acceptors (Lipinski definition) is 3. The first-order valence-electron chi connectivity index (χ1n) is 6.03. The van der Waals surface area contributed by atoms with Crippen LogP contribution < -0.4 is 0 Å². The van der Waals surface area contributed by atoms with Crippen LogP contribution in [-0.4, -0.2) is 24.3 Å². The topological polar surface area (TPSA) is 33.5 Å². The molecular formula is C15H17NO2. The van der Waals surface area contributed by atoms with Gasteiger partial charge in [-0.25, -0.2) is 0 Å². The van der Waals surface area contributed by atoms with Crippen LogP contribution in [0.15, 0.2) is 53.3 Å². The minimum absolute atomic E-state index is 0.189. The Labute approximate surface area is 107 Å². The summed E-state index contributed by atoms with van der Waals surface area (Å²) < 4.78 is 5.02. The van der Waals surface area contributed by atoms with E-state index in [0.29, 0.717) is 6.42 Å². The van der Waals surface area contributed by atoms with Gasteiger partial charge in [-0.1, -0.05) is 30.3 Å². The maximum Gasteiger partial charge on any atom is 0.164 e. The molecule has 0 aliphatic heterocycles. The van der Waals surface area contributed by atoms with Crippen molar-refractivity contribution in [1.29, 1.82) is 0 Å². The zero-order valence-corrected chi connectivity index (χ0v) is 10.5. The average Bonchev–Trinajstić information content (AvgIpc) is 2.90. The molecule has 0 fully saturated rings. The lowest BCUT2D eigenvalue weighted by molar-refractivity contribution is 0.0968. The number of furan rings is 1. The Balaban J connectivity index is 1.79. The minimum atomic E-state index is 0.189. The molecule has 18 heavy (non-hydrogen) atoms. The van der Waals surface area contributed by atoms with Gasteiger partial charge in [0, 0.05) is 30.6 Å². The molecule has 0 saturated heterocycles. The Morgan fingerprint density at radius 2 is 2.00 bits per heavy atom. The van der Waals surface area contributed by atoms with Crippen LogP contribution in [-0.2, 0) is 6.54 Å². The summed E-state index contributed by atoms with van der Waals surface area (Å²) in [4.78, 5) is 14.0. The van der Waals surface area contributed by atoms with Crippen molar-refractivity contribution in [2.75, 3.05) is 13.6 Å². The highest BCUT2D eigenvalue weighted by molar-refractivity contribution is 5.96. The molecule has 3 heteroatoms. The lowest BCUT2D eigenvalue weighted by Gasteiger charge is -2.14. The first-order valence-corrected chi connectivity index (χ1v) is 6.03. The quantitative estimate of drug-likeness (QED) is 0.731. The van der Waals surface area contributed by atoms with E-state index in [1.54, 1.807) is 12.5 Å². The molecule has 0 saturated carbocycles. The zero-order chi connectivity index (χ0) is 12.8. The molecule has 0 amide bonds. The summed E-state index contributed by atoms with van der Waals surface area (Å²) in [5.74, 6) is 0.189. The fourth-order valence-corrected chi connectivity index (χ4v) is 1.83. The predicted molar refractivity (Wildman–Crippen MR) is 70.4 cm³/mol. The van der Waals surface area contributed by atoms with Crippen LogP contribution in [0.4, 0.5) is 0 Å². The molecule has 0 atom stereocenters. The first kappa shape index (κ1) is 12.6. The SMILES string of the molecule is CN(CCC(=O)c1ccccc1)Cc1ccoc1. The summed E-state index contributed by atoms with van der Waals surface area (Å²) in [6.45, 7) is 1.55. The smallest absolute Gasteiger partial charge is 0.164 e. The van der Waals surface area contributed by atoms with E-state index >= 15 is 0 Å². The van der Waals surface area contributed by atoms with Gasteiger partial charge in [0.25, 0.3) is 0 Å². The molecule has 2 rings (SSSR count). The summed E-state index contributed by atoms with van der Waals surface area (Å²) in [5, 5.41) is 0. The van der Waals surface area contributed by atoms with E-state index in [1.807, 2.05) is 43.4 Å². The van der Waals surface area contributed by atoms with E-state index in [1.165, 1.54) is 0 Å². The number of carbonyl (C=O) groups excluding carboxylic acids is 1. The molecule has 1 aromatic heterocycles. The molecule has 3 nitrogen and oxygen atoms in total. The van der Waals surface area contributed by atoms with Crippen LogP contribution in [0.3, 0.4) is 0 Å². The average molecular weight is 243 g/mol. The van der Waals surface area contributed by atoms with Crippen LogP contribution in [0.1, 0.15) is 22.3 Å². The van der Waals surface area contributed by atoms with Gasteiger partial charge in [-0.15, -0.1) is 0 Å². The van der Waals surface area contributed by atoms with Gasteiger partial charge in [0.1, 0.15) is 0 Å². The Morgan fingerprint density at radius 1 is 1.22 bits per heavy atom. The fourth-order valence-electron chi connectivity index (χ4n) is 1.83. The summed E-state index contributed by atoms with van der Waals surface area (Å²) in [5.41, 5.74) is 1.92. The Hall–Kier alpha value is -1.87. The largest absolute Gasteiger partial charge is 0.472 e. The van der Waals surface area contributed by atoms with Crippen LogP contribution >= 0.6 is 0 Å². The highest BCUT2D eigenvalue weighted by Crippen LogP contribution is 2.07. The van der Waals surface area contributed by atoms with Gasteiger partial charge in [0.2, 0.25) is 0 Å². The van der Waals surface area contributed by atoms with E-state index in [9.17, 15) is 4.79 Å². The van der Waals surface area contributed by atoms with Crippen LogP contribution in [0.5, 0.6) is 0 Å². The number of carbonyl (C=O) groups is 1. The van der Waals surface area contributed by atoms with Crippen molar-refractivity contribution in [2.24, 2.45) is 0 Å². The molecule has 2 aromatic rings. The second-order valence-corrected chi connectivity index (χ2v) is 4.41. The van der Waals surface area contributed by atoms with Crippen molar-refractivity contribution in [3.05, 3.63) is 60.1 Å². The Kier molecular flexibility index (Phi) is 4.31. The second-order valence-electron chi connectivity index (χ2n) is 4.41. The summed E-state index contributed by atoms with van der Waals surface area (Å²) in [6.07, 6.45) is 3.94. The van der Waals surface area contributed by atoms with Crippen LogP contribution in [0.2, 0.25) is 0 Å². The summed E-state index contributed by atoms with van der Waals surface area (Å²) >= 11 is 0. The molecule has 0 radical (unpaired) electrons. The van der Waals surface area contributed by atoms with Crippen molar-refractivity contribution < 1.29 is 9.21 Å². The second kappa shape index (κ2) is 6.17. The van der Waals surface area contributed by atoms with Crippen molar-refractivity contribution in [3.63, 3.8) is 0 Å². The molecule has 0 unspecified atom stereocenters. The van der Waals surface area contributed by atoms with Crippen molar-refractivity contribution in [1.82, 2.24) is 4.90 Å². The zero-order valence-electron chi connectivity index (χ0n) is 10.5. The highest BCUT2D eigenvalue weighted by atomic mass is 16.3. The maximum atomic E-state index is 11.9. The normalized spacial score (nSPS) is 10.8. The van der Waals surface area contributed by atoms with E-state index in [-0.39, 0.29) is 5.78 Å². The molecule has 94 valence electrons. The van der Waals surface area contributed by atoms with Crippen LogP contribution in [0.25, 0.3) is 0 Å². The minimum Gasteiger partial charge on any atom is -0.472 e. The number of nitrogens with zero attached hydrogens (tertiary/aromatic N) is 1. The highest BCUT2D eigenvalue weighted by Gasteiger charge is 2.07.